The summed E-state index contributed by atoms with van der Waals surface area (Å²) < 4.78 is 30.8. The minimum absolute atomic E-state index is 0.232. The third kappa shape index (κ3) is 11.0. The third-order valence-corrected chi connectivity index (χ3v) is 9.33. The molecule has 16 heteroatoms. The van der Waals surface area contributed by atoms with Crippen molar-refractivity contribution in [3.8, 4) is 22.8 Å². The number of nitrogens with one attached hydrogen (secondary N) is 3. The number of rotatable bonds is 19. The van der Waals surface area contributed by atoms with Crippen molar-refractivity contribution in [2.24, 2.45) is 5.22 Å². The van der Waals surface area contributed by atoms with Gasteiger partial charge in [0, 0.05) is 57.2 Å². The van der Waals surface area contributed by atoms with Crippen LogP contribution >= 0.6 is 11.6 Å². The highest BCUT2D eigenvalue weighted by Crippen LogP contribution is 2.36. The fourth-order valence-corrected chi connectivity index (χ4v) is 6.77. The summed E-state index contributed by atoms with van der Waals surface area (Å²) >= 11 is 6.42. The monoisotopic (exact) mass is 726 g/mol. The van der Waals surface area contributed by atoms with Crippen LogP contribution in [0.4, 0.5) is 11.6 Å². The molecule has 1 saturated heterocycles. The highest BCUT2D eigenvalue weighted by Gasteiger charge is 2.32. The van der Waals surface area contributed by atoms with Crippen molar-refractivity contribution in [3.05, 3.63) is 41.8 Å². The number of hydrogen-bond donors (Lipinski definition) is 3. The predicted molar refractivity (Wildman–Crippen MR) is 194 cm³/mol. The largest absolute Gasteiger partial charge is 0.487 e. The lowest BCUT2D eigenvalue weighted by Crippen LogP contribution is -2.51. The first kappa shape index (κ1) is 38.3. The normalized spacial score (nSPS) is 21.5. The fourth-order valence-electron chi connectivity index (χ4n) is 6.61. The van der Waals surface area contributed by atoms with Gasteiger partial charge in [0.2, 0.25) is 5.95 Å². The summed E-state index contributed by atoms with van der Waals surface area (Å²) in [4.78, 5) is 11.8. The molecule has 2 aliphatic rings. The van der Waals surface area contributed by atoms with Gasteiger partial charge in [0.1, 0.15) is 23.9 Å². The van der Waals surface area contributed by atoms with E-state index in [2.05, 4.69) is 39.3 Å². The Balaban J connectivity index is 1.25. The molecule has 1 aliphatic carbocycles. The fraction of sp³-hybridized carbons (Fsp3) is 0.600. The van der Waals surface area contributed by atoms with Gasteiger partial charge in [-0.2, -0.15) is 5.53 Å². The molecule has 1 saturated carbocycles. The lowest BCUT2D eigenvalue weighted by molar-refractivity contribution is -0.0852. The number of halogens is 1. The molecule has 0 unspecified atom stereocenters. The maximum absolute atomic E-state index is 7.34. The molecule has 15 nitrogen and oxygen atoms in total. The van der Waals surface area contributed by atoms with Gasteiger partial charge in [-0.3, -0.25) is 15.0 Å². The van der Waals surface area contributed by atoms with Crippen LogP contribution in [0.25, 0.3) is 11.1 Å². The van der Waals surface area contributed by atoms with Crippen LogP contribution in [-0.4, -0.2) is 114 Å². The molecule has 1 aromatic carbocycles. The molecular formula is C35H51ClN10O5. The molecule has 51 heavy (non-hydrogen) atoms. The minimum atomic E-state index is -0.371. The van der Waals surface area contributed by atoms with Crippen molar-refractivity contribution in [3.63, 3.8) is 0 Å². The van der Waals surface area contributed by atoms with E-state index in [0.29, 0.717) is 60.8 Å². The Morgan fingerprint density at radius 1 is 1.06 bits per heavy atom. The molecule has 0 radical (unpaired) electrons. The van der Waals surface area contributed by atoms with Gasteiger partial charge in [0.25, 0.3) is 5.88 Å². The number of benzene rings is 1. The molecule has 0 spiro atoms. The quantitative estimate of drug-likeness (QED) is 0.0412. The van der Waals surface area contributed by atoms with Crippen molar-refractivity contribution in [1.82, 2.24) is 29.7 Å². The van der Waals surface area contributed by atoms with Gasteiger partial charge in [0.05, 0.1) is 55.8 Å². The molecule has 5 rings (SSSR count). The molecule has 2 fully saturated rings. The summed E-state index contributed by atoms with van der Waals surface area (Å²) in [5.74, 6) is 1.39. The Hall–Kier alpha value is -3.89. The Labute approximate surface area is 304 Å². The van der Waals surface area contributed by atoms with Crippen molar-refractivity contribution in [2.75, 3.05) is 58.5 Å². The van der Waals surface area contributed by atoms with Crippen LogP contribution in [0.3, 0.4) is 0 Å². The first-order chi connectivity index (χ1) is 24.8. The summed E-state index contributed by atoms with van der Waals surface area (Å²) in [5, 5.41) is 20.5. The molecule has 3 N–H and O–H groups in total. The number of ether oxygens (including phenoxy) is 5. The van der Waals surface area contributed by atoms with Gasteiger partial charge < -0.3 is 29.0 Å². The number of aromatic nitrogens is 4. The van der Waals surface area contributed by atoms with Crippen LogP contribution in [0.5, 0.6) is 11.6 Å². The molecule has 1 aliphatic heterocycles. The van der Waals surface area contributed by atoms with Crippen LogP contribution in [0.2, 0.25) is 5.02 Å². The Bertz CT molecular complexity index is 1520. The SMILES string of the molecule is COCCOCCCOc1nn(C2CCC(N3C[C@@H](C)O[C@@H](C)C3)CC2)cc1Nc1ncc(-c2ccc(Cl)c(O[C@@H](C)CN(C=N)N=N)c2)cn1. The van der Waals surface area contributed by atoms with Gasteiger partial charge in [0.15, 0.2) is 0 Å². The van der Waals surface area contributed by atoms with Crippen molar-refractivity contribution >= 4 is 29.6 Å². The van der Waals surface area contributed by atoms with Crippen LogP contribution in [0.1, 0.15) is 58.9 Å². The maximum Gasteiger partial charge on any atom is 0.256 e. The molecule has 278 valence electrons. The summed E-state index contributed by atoms with van der Waals surface area (Å²) in [6.07, 6.45) is 11.6. The van der Waals surface area contributed by atoms with Gasteiger partial charge in [-0.25, -0.2) is 15.0 Å². The van der Waals surface area contributed by atoms with Crippen LogP contribution in [0.15, 0.2) is 42.0 Å². The Morgan fingerprint density at radius 2 is 1.78 bits per heavy atom. The van der Waals surface area contributed by atoms with Gasteiger partial charge in [-0.15, -0.1) is 5.10 Å². The van der Waals surface area contributed by atoms with Gasteiger partial charge in [-0.1, -0.05) is 22.9 Å². The van der Waals surface area contributed by atoms with E-state index in [4.69, 9.17) is 51.3 Å². The lowest BCUT2D eigenvalue weighted by Gasteiger charge is -2.42. The summed E-state index contributed by atoms with van der Waals surface area (Å²) in [6, 6.07) is 6.29. The second kappa shape index (κ2) is 19.1. The zero-order valence-electron chi connectivity index (χ0n) is 30.0. The lowest BCUT2D eigenvalue weighted by atomic mass is 9.89. The van der Waals surface area contributed by atoms with E-state index in [1.807, 2.05) is 29.9 Å². The standard InChI is InChI=1S/C35H51ClN10O5/c1-24-19-44(20-25(2)50-24)29-7-9-30(10-8-29)46-22-32(34(42-46)49-13-5-12-48-15-14-47-4)41-35-39-17-28(18-40-35)27-6-11-31(36)33(16-27)51-26(3)21-45(23-37)43-38/h6,11,16-18,22-26,29-30,37-38H,5,7-10,12-15,19-21H2,1-4H3,(H,39,40,41)/t24-,25+,26-,29?,30?/m0/s1. The highest BCUT2D eigenvalue weighted by atomic mass is 35.5. The van der Waals surface area contributed by atoms with E-state index in [-0.39, 0.29) is 30.9 Å². The molecule has 3 heterocycles. The summed E-state index contributed by atoms with van der Waals surface area (Å²) in [6.45, 7) is 10.5. The maximum atomic E-state index is 7.34. The van der Waals surface area contributed by atoms with E-state index in [1.54, 1.807) is 25.6 Å². The topological polar surface area (TPSA) is 168 Å². The number of morpholine rings is 1. The smallest absolute Gasteiger partial charge is 0.256 e. The minimum Gasteiger partial charge on any atom is -0.487 e. The summed E-state index contributed by atoms with van der Waals surface area (Å²) in [7, 11) is 1.66. The van der Waals surface area contributed by atoms with Gasteiger partial charge in [-0.05, 0) is 64.2 Å². The Morgan fingerprint density at radius 3 is 2.47 bits per heavy atom. The predicted octanol–water partition coefficient (Wildman–Crippen LogP) is 6.38. The van der Waals surface area contributed by atoms with Crippen molar-refractivity contribution in [2.45, 2.75) is 83.3 Å². The Kier molecular flexibility index (Phi) is 14.4. The first-order valence-electron chi connectivity index (χ1n) is 17.6. The van der Waals surface area contributed by atoms with Crippen LogP contribution in [-0.2, 0) is 14.2 Å². The average Bonchev–Trinajstić information content (AvgIpc) is 3.53. The van der Waals surface area contributed by atoms with Gasteiger partial charge >= 0.3 is 0 Å². The van der Waals surface area contributed by atoms with E-state index >= 15 is 0 Å². The molecule has 3 aromatic rings. The number of anilines is 2. The van der Waals surface area contributed by atoms with E-state index in [0.717, 1.165) is 62.7 Å². The van der Waals surface area contributed by atoms with Crippen LogP contribution < -0.4 is 14.8 Å². The summed E-state index contributed by atoms with van der Waals surface area (Å²) in [5.41, 5.74) is 9.46. The third-order valence-electron chi connectivity index (χ3n) is 9.02. The van der Waals surface area contributed by atoms with Crippen LogP contribution in [0, 0.1) is 10.9 Å². The highest BCUT2D eigenvalue weighted by molar-refractivity contribution is 6.32. The molecule has 3 atom stereocenters. The van der Waals surface area contributed by atoms with Crippen molar-refractivity contribution < 1.29 is 23.7 Å². The zero-order valence-corrected chi connectivity index (χ0v) is 30.7. The molecule has 2 aromatic heterocycles. The van der Waals surface area contributed by atoms with E-state index in [9.17, 15) is 0 Å². The zero-order chi connectivity index (χ0) is 36.2. The number of hydrogen-bond acceptors (Lipinski definition) is 13. The number of methoxy groups -OCH3 is 1. The van der Waals surface area contributed by atoms with E-state index < -0.39 is 0 Å². The molecule has 0 amide bonds. The first-order valence-corrected chi connectivity index (χ1v) is 18.0. The second-order valence-corrected chi connectivity index (χ2v) is 13.6. The van der Waals surface area contributed by atoms with Crippen molar-refractivity contribution in [1.29, 1.82) is 10.9 Å². The average molecular weight is 727 g/mol. The number of nitrogens with zero attached hydrogens (tertiary/aromatic N) is 7. The molecule has 0 bridgehead atoms. The van der Waals surface area contributed by atoms with E-state index in [1.165, 1.54) is 5.01 Å². The molecular weight excluding hydrogens is 676 g/mol. The second-order valence-electron chi connectivity index (χ2n) is 13.2.